The lowest BCUT2D eigenvalue weighted by molar-refractivity contribution is -0.135. The summed E-state index contributed by atoms with van der Waals surface area (Å²) in [5.74, 6) is -4.81. The smallest absolute Gasteiger partial charge is 0.243 e. The highest BCUT2D eigenvalue weighted by atomic mass is 35.5. The van der Waals surface area contributed by atoms with Crippen molar-refractivity contribution in [3.63, 3.8) is 0 Å². The highest BCUT2D eigenvalue weighted by Crippen LogP contribution is 2.19. The molecule has 16 nitrogen and oxygen atoms in total. The van der Waals surface area contributed by atoms with Crippen molar-refractivity contribution in [1.82, 2.24) is 26.3 Å². The van der Waals surface area contributed by atoms with Gasteiger partial charge >= 0.3 is 0 Å². The normalized spacial score (nSPS) is 13.0. The highest BCUT2D eigenvalue weighted by Gasteiger charge is 2.32. The maximum absolute atomic E-state index is 14.1. The van der Waals surface area contributed by atoms with E-state index in [1.54, 1.807) is 60.8 Å². The molecule has 0 unspecified atom stereocenters. The first-order valence-electron chi connectivity index (χ1n) is 17.5. The summed E-state index contributed by atoms with van der Waals surface area (Å²) in [7, 11) is 0. The zero-order valence-electron chi connectivity index (χ0n) is 29.9. The Morgan fingerprint density at radius 3 is 1.85 bits per heavy atom. The second-order valence-corrected chi connectivity index (χ2v) is 13.3. The van der Waals surface area contributed by atoms with Gasteiger partial charge < -0.3 is 49.2 Å². The van der Waals surface area contributed by atoms with Crippen molar-refractivity contribution in [2.24, 2.45) is 27.9 Å². The van der Waals surface area contributed by atoms with Gasteiger partial charge in [-0.25, -0.2) is 0 Å². The molecule has 55 heavy (non-hydrogen) atoms. The number of aromatic amines is 1. The number of H-pyrrole nitrogens is 1. The van der Waals surface area contributed by atoms with Crippen LogP contribution in [-0.4, -0.2) is 77.1 Å². The van der Waals surface area contributed by atoms with E-state index in [0.29, 0.717) is 16.1 Å². The molecule has 0 aliphatic heterocycles. The molecule has 13 N–H and O–H groups in total. The number of carbonyl (C=O) groups is 6. The van der Waals surface area contributed by atoms with E-state index in [2.05, 4.69) is 31.2 Å². The van der Waals surface area contributed by atoms with Crippen molar-refractivity contribution in [3.05, 3.63) is 107 Å². The molecule has 4 aromatic rings. The monoisotopic (exact) mass is 772 g/mol. The Hall–Kier alpha value is -6.42. The van der Waals surface area contributed by atoms with Gasteiger partial charge in [0.2, 0.25) is 35.4 Å². The molecule has 4 atom stereocenters. The van der Waals surface area contributed by atoms with Crippen molar-refractivity contribution in [1.29, 1.82) is 0 Å². The van der Waals surface area contributed by atoms with E-state index in [9.17, 15) is 28.8 Å². The van der Waals surface area contributed by atoms with Gasteiger partial charge in [-0.1, -0.05) is 72.3 Å². The van der Waals surface area contributed by atoms with E-state index in [0.717, 1.165) is 16.5 Å². The van der Waals surface area contributed by atoms with Gasteiger partial charge in [-0.15, -0.1) is 0 Å². The zero-order chi connectivity index (χ0) is 39.9. The Bertz CT molecular complexity index is 2000. The zero-order valence-corrected chi connectivity index (χ0v) is 30.7. The van der Waals surface area contributed by atoms with Crippen LogP contribution in [-0.2, 0) is 48.0 Å². The number of nitrogens with zero attached hydrogens (tertiary/aromatic N) is 1. The van der Waals surface area contributed by atoms with Crippen LogP contribution in [0, 0.1) is 0 Å². The summed E-state index contributed by atoms with van der Waals surface area (Å²) in [4.78, 5) is 85.6. The standard InChI is InChI=1S/C38H45ClN10O6/c39-25-14-12-23(13-15-25)18-30(46-33(51)20-32(40)50)36(54)49-31(17-22-7-2-1-3-8-22)37(55)47-28(11-6-16-44-38(42)43)35(53)48-29(34(41)52)19-24-21-45-27-10-5-4-9-26(24)27/h1-5,7-10,12-15,21,28-31,45H,6,11,16-20H2,(H2,40,50)(H2,41,52)(H,46,51)(H,47,55)(H,48,53)(H,49,54)(H4,42,43,44)/t28-,29-,30-,31-/m0/s1. The van der Waals surface area contributed by atoms with Crippen LogP contribution in [0.3, 0.4) is 0 Å². The highest BCUT2D eigenvalue weighted by molar-refractivity contribution is 6.30. The van der Waals surface area contributed by atoms with Crippen LogP contribution in [0.4, 0.5) is 0 Å². The topological polar surface area (TPSA) is 283 Å². The number of nitrogens with two attached hydrogens (primary N) is 4. The molecule has 6 amide bonds. The molecule has 1 aromatic heterocycles. The third kappa shape index (κ3) is 13.2. The molecular weight excluding hydrogens is 728 g/mol. The van der Waals surface area contributed by atoms with Crippen molar-refractivity contribution >= 4 is 63.9 Å². The second-order valence-electron chi connectivity index (χ2n) is 12.9. The van der Waals surface area contributed by atoms with Crippen molar-refractivity contribution in [3.8, 4) is 0 Å². The minimum Gasteiger partial charge on any atom is -0.370 e. The number of fused-ring (bicyclic) bond motifs is 1. The fraction of sp³-hybridized carbons (Fsp3) is 0.289. The summed E-state index contributed by atoms with van der Waals surface area (Å²) in [5, 5.41) is 12.0. The summed E-state index contributed by atoms with van der Waals surface area (Å²) < 4.78 is 0. The molecule has 0 spiro atoms. The van der Waals surface area contributed by atoms with Crippen molar-refractivity contribution in [2.75, 3.05) is 6.54 Å². The number of carbonyl (C=O) groups excluding carboxylic acids is 6. The molecule has 0 saturated carbocycles. The molecular formula is C38H45ClN10O6. The molecule has 0 aliphatic rings. The van der Waals surface area contributed by atoms with E-state index < -0.39 is 66.0 Å². The van der Waals surface area contributed by atoms with E-state index >= 15 is 0 Å². The Morgan fingerprint density at radius 2 is 1.22 bits per heavy atom. The van der Waals surface area contributed by atoms with E-state index in [-0.39, 0.29) is 44.6 Å². The van der Waals surface area contributed by atoms with Crippen LogP contribution < -0.4 is 44.2 Å². The minimum absolute atomic E-state index is 0.00583. The van der Waals surface area contributed by atoms with Gasteiger partial charge in [0.25, 0.3) is 0 Å². The van der Waals surface area contributed by atoms with E-state index in [1.165, 1.54) is 0 Å². The SMILES string of the molecule is NC(=O)CC(=O)N[C@@H](Cc1ccc(Cl)cc1)C(=O)N[C@@H](Cc1ccccc1)C(=O)N[C@@H](CCCN=C(N)N)C(=O)N[C@@H](Cc1c[nH]c2ccccc12)C(N)=O. The maximum Gasteiger partial charge on any atom is 0.243 e. The Labute approximate surface area is 322 Å². The maximum atomic E-state index is 14.1. The number of nitrogens with one attached hydrogen (secondary N) is 5. The van der Waals surface area contributed by atoms with Gasteiger partial charge in [0.05, 0.1) is 0 Å². The molecule has 0 aliphatic carbocycles. The summed E-state index contributed by atoms with van der Waals surface area (Å²) >= 11 is 6.03. The number of aromatic nitrogens is 1. The third-order valence-electron chi connectivity index (χ3n) is 8.59. The molecule has 1 heterocycles. The third-order valence-corrected chi connectivity index (χ3v) is 8.84. The Balaban J connectivity index is 1.58. The lowest BCUT2D eigenvalue weighted by Gasteiger charge is -2.26. The van der Waals surface area contributed by atoms with Crippen LogP contribution in [0.2, 0.25) is 5.02 Å². The molecule has 290 valence electrons. The van der Waals surface area contributed by atoms with Gasteiger partial charge in [0.15, 0.2) is 5.96 Å². The van der Waals surface area contributed by atoms with E-state index in [1.807, 2.05) is 24.3 Å². The average Bonchev–Trinajstić information content (AvgIpc) is 3.55. The van der Waals surface area contributed by atoms with Crippen LogP contribution in [0.1, 0.15) is 36.0 Å². The van der Waals surface area contributed by atoms with E-state index in [4.69, 9.17) is 34.5 Å². The summed E-state index contributed by atoms with van der Waals surface area (Å²) in [6, 6.07) is 18.0. The van der Waals surface area contributed by atoms with Gasteiger partial charge in [0, 0.05) is 47.9 Å². The number of amides is 6. The number of primary amides is 2. The number of aliphatic imine (C=N–C) groups is 1. The van der Waals surface area contributed by atoms with Gasteiger partial charge in [-0.05, 0) is 47.7 Å². The van der Waals surface area contributed by atoms with Crippen molar-refractivity contribution < 1.29 is 28.8 Å². The number of guanidine groups is 1. The van der Waals surface area contributed by atoms with Crippen LogP contribution >= 0.6 is 11.6 Å². The molecule has 0 radical (unpaired) electrons. The van der Waals surface area contributed by atoms with Crippen LogP contribution in [0.5, 0.6) is 0 Å². The minimum atomic E-state index is -1.26. The first kappa shape index (κ1) is 41.3. The fourth-order valence-corrected chi connectivity index (χ4v) is 5.99. The lowest BCUT2D eigenvalue weighted by atomic mass is 10.0. The number of benzene rings is 3. The number of para-hydroxylation sites is 1. The molecule has 4 rings (SSSR count). The molecule has 17 heteroatoms. The quantitative estimate of drug-likeness (QED) is 0.0258. The predicted molar refractivity (Wildman–Crippen MR) is 208 cm³/mol. The number of hydrogen-bond donors (Lipinski definition) is 9. The first-order chi connectivity index (χ1) is 26.3. The largest absolute Gasteiger partial charge is 0.370 e. The number of rotatable bonds is 20. The Kier molecular flexibility index (Phi) is 15.1. The summed E-state index contributed by atoms with van der Waals surface area (Å²) in [6.45, 7) is 0.137. The summed E-state index contributed by atoms with van der Waals surface area (Å²) in [5.41, 5.74) is 24.8. The lowest BCUT2D eigenvalue weighted by Crippen LogP contribution is -2.59. The fourth-order valence-electron chi connectivity index (χ4n) is 5.86. The Morgan fingerprint density at radius 1 is 0.655 bits per heavy atom. The number of hydrogen-bond acceptors (Lipinski definition) is 7. The molecule has 0 saturated heterocycles. The van der Waals surface area contributed by atoms with Gasteiger partial charge in [-0.3, -0.25) is 33.8 Å². The van der Waals surface area contributed by atoms with Gasteiger partial charge in [-0.2, -0.15) is 0 Å². The average molecular weight is 773 g/mol. The second kappa shape index (κ2) is 20.1. The van der Waals surface area contributed by atoms with Crippen LogP contribution in [0.15, 0.2) is 90.1 Å². The van der Waals surface area contributed by atoms with Crippen LogP contribution in [0.25, 0.3) is 10.9 Å². The molecule has 0 fully saturated rings. The van der Waals surface area contributed by atoms with Crippen molar-refractivity contribution in [2.45, 2.75) is 62.7 Å². The first-order valence-corrected chi connectivity index (χ1v) is 17.8. The molecule has 3 aromatic carbocycles. The molecule has 0 bridgehead atoms. The summed E-state index contributed by atoms with van der Waals surface area (Å²) in [6.07, 6.45) is 1.41. The number of halogens is 1. The predicted octanol–water partition coefficient (Wildman–Crippen LogP) is 0.203. The van der Waals surface area contributed by atoms with Gasteiger partial charge in [0.1, 0.15) is 30.6 Å².